The molecule has 0 unspecified atom stereocenters. The number of anilines is 1. The number of fused-ring (bicyclic) bond motifs is 1. The van der Waals surface area contributed by atoms with Crippen LogP contribution in [0.1, 0.15) is 52.3 Å². The van der Waals surface area contributed by atoms with Crippen LogP contribution in [0.5, 0.6) is 0 Å². The average molecular weight is 505 g/mol. The topological polar surface area (TPSA) is 96.1 Å². The summed E-state index contributed by atoms with van der Waals surface area (Å²) >= 11 is 0. The van der Waals surface area contributed by atoms with Crippen LogP contribution in [0.25, 0.3) is 22.2 Å². The number of aryl methyl sites for hydroxylation is 1. The standard InChI is InChI=1S/C26H31F3N4O3/c1-14(2)11-20(32-24(35)36-25(4,5)6)23(34)31-16-7-8-17(15(3)12-16)18-9-10-30-22-19(18)13-21(33-22)26(27,28)29/h7-10,12-14,20H,11H2,1-6H3,(H,30,33)(H,31,34)(H,32,35)/t20-/m1/s1. The van der Waals surface area contributed by atoms with Crippen LogP contribution in [0.15, 0.2) is 36.5 Å². The number of carbonyl (C=O) groups is 2. The molecule has 0 aliphatic carbocycles. The summed E-state index contributed by atoms with van der Waals surface area (Å²) in [5, 5.41) is 5.81. The largest absolute Gasteiger partial charge is 0.444 e. The molecular weight excluding hydrogens is 473 g/mol. The normalized spacial score (nSPS) is 13.1. The molecule has 3 aromatic rings. The Morgan fingerprint density at radius 2 is 1.78 bits per heavy atom. The van der Waals surface area contributed by atoms with Crippen molar-refractivity contribution in [3.63, 3.8) is 0 Å². The van der Waals surface area contributed by atoms with Gasteiger partial charge in [-0.2, -0.15) is 13.2 Å². The quantitative estimate of drug-likeness (QED) is 0.360. The second-order valence-electron chi connectivity index (χ2n) is 10.1. The summed E-state index contributed by atoms with van der Waals surface area (Å²) in [5.41, 5.74) is 1.11. The Morgan fingerprint density at radius 3 is 2.36 bits per heavy atom. The minimum Gasteiger partial charge on any atom is -0.444 e. The van der Waals surface area contributed by atoms with Crippen molar-refractivity contribution in [3.8, 4) is 11.1 Å². The van der Waals surface area contributed by atoms with E-state index in [0.29, 0.717) is 28.6 Å². The number of ether oxygens (including phenoxy) is 1. The van der Waals surface area contributed by atoms with Crippen LogP contribution in [0.2, 0.25) is 0 Å². The highest BCUT2D eigenvalue weighted by Crippen LogP contribution is 2.36. The van der Waals surface area contributed by atoms with Gasteiger partial charge in [0.2, 0.25) is 5.91 Å². The maximum absolute atomic E-state index is 13.2. The van der Waals surface area contributed by atoms with Crippen LogP contribution in [0.4, 0.5) is 23.7 Å². The minimum absolute atomic E-state index is 0.136. The van der Waals surface area contributed by atoms with Gasteiger partial charge in [-0.15, -0.1) is 0 Å². The molecule has 0 fully saturated rings. The SMILES string of the molecule is Cc1cc(NC(=O)[C@@H](CC(C)C)NC(=O)OC(C)(C)C)ccc1-c1ccnc2[nH]c(C(F)(F)F)cc12. The van der Waals surface area contributed by atoms with Crippen LogP contribution in [-0.2, 0) is 15.7 Å². The first kappa shape index (κ1) is 27.0. The monoisotopic (exact) mass is 504 g/mol. The Hall–Kier alpha value is -3.56. The van der Waals surface area contributed by atoms with Crippen LogP contribution < -0.4 is 10.6 Å². The molecule has 1 aromatic carbocycles. The van der Waals surface area contributed by atoms with E-state index < -0.39 is 35.5 Å². The van der Waals surface area contributed by atoms with Gasteiger partial charge >= 0.3 is 12.3 Å². The molecule has 7 nitrogen and oxygen atoms in total. The molecule has 1 atom stereocenters. The van der Waals surface area contributed by atoms with E-state index in [1.54, 1.807) is 52.0 Å². The summed E-state index contributed by atoms with van der Waals surface area (Å²) in [6.45, 7) is 10.9. The fraction of sp³-hybridized carbons (Fsp3) is 0.423. The van der Waals surface area contributed by atoms with E-state index in [1.165, 1.54) is 6.20 Å². The maximum atomic E-state index is 13.2. The van der Waals surface area contributed by atoms with Crippen molar-refractivity contribution in [2.24, 2.45) is 5.92 Å². The lowest BCUT2D eigenvalue weighted by molar-refractivity contribution is -0.140. The van der Waals surface area contributed by atoms with Gasteiger partial charge in [0.15, 0.2) is 0 Å². The zero-order chi connectivity index (χ0) is 26.8. The smallest absolute Gasteiger partial charge is 0.431 e. The van der Waals surface area contributed by atoms with Crippen molar-refractivity contribution in [3.05, 3.63) is 47.8 Å². The van der Waals surface area contributed by atoms with Crippen molar-refractivity contribution in [2.75, 3.05) is 5.32 Å². The van der Waals surface area contributed by atoms with Gasteiger partial charge in [-0.3, -0.25) is 4.79 Å². The second-order valence-corrected chi connectivity index (χ2v) is 10.1. The Labute approximate surface area is 207 Å². The lowest BCUT2D eigenvalue weighted by atomic mass is 9.98. The molecule has 10 heteroatoms. The van der Waals surface area contributed by atoms with Gasteiger partial charge in [-0.1, -0.05) is 19.9 Å². The van der Waals surface area contributed by atoms with E-state index in [0.717, 1.165) is 11.6 Å². The van der Waals surface area contributed by atoms with Gasteiger partial charge in [-0.25, -0.2) is 9.78 Å². The molecule has 0 aliphatic heterocycles. The van der Waals surface area contributed by atoms with Gasteiger partial charge in [0, 0.05) is 17.3 Å². The molecule has 0 saturated carbocycles. The summed E-state index contributed by atoms with van der Waals surface area (Å²) in [6.07, 6.45) is -3.34. The minimum atomic E-state index is -4.51. The zero-order valence-corrected chi connectivity index (χ0v) is 21.1. The van der Waals surface area contributed by atoms with Crippen LogP contribution in [0.3, 0.4) is 0 Å². The van der Waals surface area contributed by atoms with Crippen LogP contribution in [0, 0.1) is 12.8 Å². The van der Waals surface area contributed by atoms with Crippen molar-refractivity contribution in [1.82, 2.24) is 15.3 Å². The van der Waals surface area contributed by atoms with Crippen LogP contribution in [-0.4, -0.2) is 33.6 Å². The van der Waals surface area contributed by atoms with E-state index >= 15 is 0 Å². The summed E-state index contributed by atoms with van der Waals surface area (Å²) in [5.74, 6) is -0.259. The molecule has 0 saturated heterocycles. The van der Waals surface area contributed by atoms with E-state index in [1.807, 2.05) is 13.8 Å². The number of halogens is 3. The Bertz CT molecular complexity index is 1260. The number of alkyl halides is 3. The fourth-order valence-corrected chi connectivity index (χ4v) is 3.84. The number of nitrogens with zero attached hydrogens (tertiary/aromatic N) is 1. The Balaban J connectivity index is 1.83. The number of pyridine rings is 1. The predicted molar refractivity (Wildman–Crippen MR) is 133 cm³/mol. The zero-order valence-electron chi connectivity index (χ0n) is 21.1. The van der Waals surface area contributed by atoms with Crippen molar-refractivity contribution in [2.45, 2.75) is 65.8 Å². The molecular formula is C26H31F3N4O3. The number of aromatic nitrogens is 2. The third kappa shape index (κ3) is 6.77. The van der Waals surface area contributed by atoms with E-state index in [9.17, 15) is 22.8 Å². The summed E-state index contributed by atoms with van der Waals surface area (Å²) in [6, 6.07) is 7.03. The lowest BCUT2D eigenvalue weighted by Gasteiger charge is -2.24. The number of alkyl carbamates (subject to hydrolysis) is 1. The molecule has 2 aromatic heterocycles. The summed E-state index contributed by atoms with van der Waals surface area (Å²) in [7, 11) is 0. The first-order chi connectivity index (χ1) is 16.6. The molecule has 0 bridgehead atoms. The number of nitrogens with one attached hydrogen (secondary N) is 3. The number of hydrogen-bond donors (Lipinski definition) is 3. The molecule has 0 spiro atoms. The molecule has 3 rings (SSSR count). The third-order valence-electron chi connectivity index (χ3n) is 5.34. The molecule has 194 valence electrons. The van der Waals surface area contributed by atoms with Gasteiger partial charge < -0.3 is 20.4 Å². The lowest BCUT2D eigenvalue weighted by Crippen LogP contribution is -2.46. The van der Waals surface area contributed by atoms with Gasteiger partial charge in [0.05, 0.1) is 0 Å². The van der Waals surface area contributed by atoms with Crippen molar-refractivity contribution in [1.29, 1.82) is 0 Å². The molecule has 2 amide bonds. The van der Waals surface area contributed by atoms with Gasteiger partial charge in [0.1, 0.15) is 23.0 Å². The highest BCUT2D eigenvalue weighted by Gasteiger charge is 2.33. The number of H-pyrrole nitrogens is 1. The Morgan fingerprint density at radius 1 is 1.08 bits per heavy atom. The second kappa shape index (κ2) is 10.2. The fourth-order valence-electron chi connectivity index (χ4n) is 3.84. The summed E-state index contributed by atoms with van der Waals surface area (Å²) in [4.78, 5) is 31.6. The Kier molecular flexibility index (Phi) is 7.66. The van der Waals surface area contributed by atoms with Crippen molar-refractivity contribution < 1.29 is 27.5 Å². The van der Waals surface area contributed by atoms with E-state index in [4.69, 9.17) is 4.74 Å². The number of hydrogen-bond acceptors (Lipinski definition) is 4. The number of amides is 2. The molecule has 3 N–H and O–H groups in total. The molecule has 2 heterocycles. The third-order valence-corrected chi connectivity index (χ3v) is 5.34. The van der Waals surface area contributed by atoms with E-state index in [-0.39, 0.29) is 11.6 Å². The number of carbonyl (C=O) groups excluding carboxylic acids is 2. The number of benzene rings is 1. The first-order valence-corrected chi connectivity index (χ1v) is 11.6. The van der Waals surface area contributed by atoms with Gasteiger partial charge in [0.25, 0.3) is 0 Å². The summed E-state index contributed by atoms with van der Waals surface area (Å²) < 4.78 is 44.8. The highest BCUT2D eigenvalue weighted by atomic mass is 19.4. The van der Waals surface area contributed by atoms with Crippen molar-refractivity contribution >= 4 is 28.7 Å². The highest BCUT2D eigenvalue weighted by molar-refractivity contribution is 5.98. The molecule has 36 heavy (non-hydrogen) atoms. The maximum Gasteiger partial charge on any atom is 0.431 e. The first-order valence-electron chi connectivity index (χ1n) is 11.6. The number of rotatable bonds is 6. The van der Waals surface area contributed by atoms with Crippen LogP contribution >= 0.6 is 0 Å². The molecule has 0 radical (unpaired) electrons. The predicted octanol–water partition coefficient (Wildman–Crippen LogP) is 6.44. The van der Waals surface area contributed by atoms with E-state index in [2.05, 4.69) is 20.6 Å². The number of aromatic amines is 1. The average Bonchev–Trinajstić information content (AvgIpc) is 3.17. The van der Waals surface area contributed by atoms with Gasteiger partial charge in [-0.05, 0) is 81.0 Å². The molecule has 0 aliphatic rings.